The minimum Gasteiger partial charge on any atom is -0.351 e. The molecule has 3 rings (SSSR count). The van der Waals surface area contributed by atoms with Crippen LogP contribution in [-0.2, 0) is 4.79 Å². The molecule has 5 heteroatoms. The number of halogens is 1. The fraction of sp³-hybridized carbons (Fsp3) is 0.333. The number of nitrogens with one attached hydrogen (secondary N) is 1. The lowest BCUT2D eigenvalue weighted by Crippen LogP contribution is -2.33. The molecule has 2 aromatic rings. The van der Waals surface area contributed by atoms with E-state index in [1.165, 1.54) is 5.56 Å². The first kappa shape index (κ1) is 13.2. The van der Waals surface area contributed by atoms with Crippen molar-refractivity contribution in [2.45, 2.75) is 31.3 Å². The van der Waals surface area contributed by atoms with Gasteiger partial charge in [0, 0.05) is 29.4 Å². The number of hydrogen-bond donors (Lipinski definition) is 1. The molecule has 104 valence electrons. The molecule has 0 bridgehead atoms. The highest BCUT2D eigenvalue weighted by Crippen LogP contribution is 2.41. The van der Waals surface area contributed by atoms with E-state index in [1.54, 1.807) is 17.1 Å². The second kappa shape index (κ2) is 5.29. The Labute approximate surface area is 122 Å². The van der Waals surface area contributed by atoms with Crippen LogP contribution in [0, 0.1) is 0 Å². The molecule has 1 fully saturated rings. The van der Waals surface area contributed by atoms with Crippen LogP contribution in [0.2, 0.25) is 5.02 Å². The molecule has 0 unspecified atom stereocenters. The van der Waals surface area contributed by atoms with Gasteiger partial charge in [-0.1, -0.05) is 23.7 Å². The molecule has 0 radical (unpaired) electrons. The van der Waals surface area contributed by atoms with Crippen LogP contribution in [-0.4, -0.2) is 21.7 Å². The summed E-state index contributed by atoms with van der Waals surface area (Å²) in [6, 6.07) is 9.57. The molecule has 0 aliphatic heterocycles. The van der Waals surface area contributed by atoms with Crippen LogP contribution < -0.4 is 5.32 Å². The maximum atomic E-state index is 12.1. The van der Waals surface area contributed by atoms with Gasteiger partial charge in [0.15, 0.2) is 0 Å². The van der Waals surface area contributed by atoms with Crippen LogP contribution in [0.3, 0.4) is 0 Å². The molecular weight excluding hydrogens is 274 g/mol. The molecule has 3 atom stereocenters. The predicted molar refractivity (Wildman–Crippen MR) is 77.7 cm³/mol. The Morgan fingerprint density at radius 1 is 1.50 bits per heavy atom. The van der Waals surface area contributed by atoms with Gasteiger partial charge < -0.3 is 5.32 Å². The second-order valence-electron chi connectivity index (χ2n) is 5.17. The molecular formula is C15H16ClN3O. The Balaban J connectivity index is 1.59. The van der Waals surface area contributed by atoms with Crippen molar-refractivity contribution in [2.75, 3.05) is 0 Å². The summed E-state index contributed by atoms with van der Waals surface area (Å²) in [4.78, 5) is 12.1. The zero-order chi connectivity index (χ0) is 14.1. The van der Waals surface area contributed by atoms with Crippen molar-refractivity contribution in [2.24, 2.45) is 0 Å². The number of nitrogens with zero attached hydrogens (tertiary/aromatic N) is 2. The second-order valence-corrected chi connectivity index (χ2v) is 5.61. The third kappa shape index (κ3) is 2.70. The number of aromatic nitrogens is 2. The Bertz CT molecular complexity index is 611. The lowest BCUT2D eigenvalue weighted by molar-refractivity contribution is -0.124. The Kier molecular flexibility index (Phi) is 3.49. The van der Waals surface area contributed by atoms with Crippen molar-refractivity contribution in [3.8, 4) is 0 Å². The molecule has 1 amide bonds. The molecule has 1 N–H and O–H groups in total. The smallest absolute Gasteiger partial charge is 0.244 e. The van der Waals surface area contributed by atoms with Crippen LogP contribution >= 0.6 is 11.6 Å². The predicted octanol–water partition coefficient (Wildman–Crippen LogP) is 2.77. The Morgan fingerprint density at radius 3 is 3.05 bits per heavy atom. The van der Waals surface area contributed by atoms with Crippen molar-refractivity contribution >= 4 is 17.5 Å². The summed E-state index contributed by atoms with van der Waals surface area (Å²) in [5, 5.41) is 7.90. The highest BCUT2D eigenvalue weighted by molar-refractivity contribution is 6.30. The van der Waals surface area contributed by atoms with E-state index in [0.717, 1.165) is 11.4 Å². The summed E-state index contributed by atoms with van der Waals surface area (Å²) in [6.07, 6.45) is 4.44. The molecule has 20 heavy (non-hydrogen) atoms. The van der Waals surface area contributed by atoms with Crippen LogP contribution in [0.25, 0.3) is 0 Å². The maximum Gasteiger partial charge on any atom is 0.244 e. The van der Waals surface area contributed by atoms with Crippen LogP contribution in [0.4, 0.5) is 0 Å². The number of hydrogen-bond acceptors (Lipinski definition) is 2. The van der Waals surface area contributed by atoms with Gasteiger partial charge in [-0.15, -0.1) is 0 Å². The lowest BCUT2D eigenvalue weighted by Gasteiger charge is -2.12. The monoisotopic (exact) mass is 289 g/mol. The number of benzene rings is 1. The minimum atomic E-state index is -0.286. The van der Waals surface area contributed by atoms with Gasteiger partial charge in [0.2, 0.25) is 5.91 Å². The van der Waals surface area contributed by atoms with Crippen LogP contribution in [0.5, 0.6) is 0 Å². The van der Waals surface area contributed by atoms with Gasteiger partial charge in [-0.25, -0.2) is 0 Å². The summed E-state index contributed by atoms with van der Waals surface area (Å²) >= 11 is 5.99. The number of amides is 1. The van der Waals surface area contributed by atoms with Gasteiger partial charge >= 0.3 is 0 Å². The van der Waals surface area contributed by atoms with Crippen LogP contribution in [0.15, 0.2) is 42.7 Å². The first-order valence-electron chi connectivity index (χ1n) is 6.70. The number of rotatable bonds is 4. The van der Waals surface area contributed by atoms with E-state index in [4.69, 9.17) is 11.6 Å². The first-order valence-corrected chi connectivity index (χ1v) is 7.08. The summed E-state index contributed by atoms with van der Waals surface area (Å²) < 4.78 is 1.66. The van der Waals surface area contributed by atoms with E-state index in [-0.39, 0.29) is 18.0 Å². The van der Waals surface area contributed by atoms with Gasteiger partial charge in [0.1, 0.15) is 6.04 Å². The first-order chi connectivity index (χ1) is 9.65. The van der Waals surface area contributed by atoms with E-state index < -0.39 is 0 Å². The fourth-order valence-electron chi connectivity index (χ4n) is 2.39. The van der Waals surface area contributed by atoms with E-state index in [2.05, 4.69) is 16.5 Å². The van der Waals surface area contributed by atoms with Crippen molar-refractivity contribution in [3.63, 3.8) is 0 Å². The molecule has 4 nitrogen and oxygen atoms in total. The fourth-order valence-corrected chi connectivity index (χ4v) is 2.59. The summed E-state index contributed by atoms with van der Waals surface area (Å²) in [7, 11) is 0. The normalized spacial score (nSPS) is 22.3. The van der Waals surface area contributed by atoms with Gasteiger partial charge in [0.05, 0.1) is 0 Å². The largest absolute Gasteiger partial charge is 0.351 e. The molecule has 1 aromatic carbocycles. The van der Waals surface area contributed by atoms with Crippen molar-refractivity contribution in [1.29, 1.82) is 0 Å². The SMILES string of the molecule is C[C@H](C(=O)N[C@H]1C[C@@H]1c1cccc(Cl)c1)n1cccn1. The molecule has 1 aliphatic carbocycles. The van der Waals surface area contributed by atoms with Crippen molar-refractivity contribution in [3.05, 3.63) is 53.3 Å². The third-order valence-electron chi connectivity index (χ3n) is 3.70. The third-order valence-corrected chi connectivity index (χ3v) is 3.93. The molecule has 1 aromatic heterocycles. The summed E-state index contributed by atoms with van der Waals surface area (Å²) in [5.41, 5.74) is 1.19. The Morgan fingerprint density at radius 2 is 2.35 bits per heavy atom. The molecule has 0 saturated heterocycles. The van der Waals surface area contributed by atoms with Gasteiger partial charge in [-0.3, -0.25) is 9.48 Å². The highest BCUT2D eigenvalue weighted by Gasteiger charge is 2.40. The average Bonchev–Trinajstić information content (AvgIpc) is 2.99. The summed E-state index contributed by atoms with van der Waals surface area (Å²) in [6.45, 7) is 1.85. The number of carbonyl (C=O) groups is 1. The number of carbonyl (C=O) groups excluding carboxylic acids is 1. The molecule has 1 saturated carbocycles. The zero-order valence-corrected chi connectivity index (χ0v) is 11.9. The van der Waals surface area contributed by atoms with Crippen molar-refractivity contribution in [1.82, 2.24) is 15.1 Å². The van der Waals surface area contributed by atoms with Crippen molar-refractivity contribution < 1.29 is 4.79 Å². The quantitative estimate of drug-likeness (QED) is 0.941. The average molecular weight is 290 g/mol. The van der Waals surface area contributed by atoms with E-state index in [9.17, 15) is 4.79 Å². The van der Waals surface area contributed by atoms with E-state index in [0.29, 0.717) is 5.92 Å². The van der Waals surface area contributed by atoms with Gasteiger partial charge in [0.25, 0.3) is 0 Å². The van der Waals surface area contributed by atoms with E-state index >= 15 is 0 Å². The lowest BCUT2D eigenvalue weighted by atomic mass is 10.1. The van der Waals surface area contributed by atoms with Gasteiger partial charge in [-0.05, 0) is 37.1 Å². The standard InChI is InChI=1S/C15H16ClN3O/c1-10(19-7-3-6-17-19)15(20)18-14-9-13(14)11-4-2-5-12(16)8-11/h2-8,10,13-14H,9H2,1H3,(H,18,20)/t10-,13-,14+/m1/s1. The zero-order valence-electron chi connectivity index (χ0n) is 11.2. The maximum absolute atomic E-state index is 12.1. The molecule has 0 spiro atoms. The van der Waals surface area contributed by atoms with Crippen LogP contribution in [0.1, 0.15) is 30.9 Å². The molecule has 1 aliphatic rings. The Hall–Kier alpha value is -1.81. The minimum absolute atomic E-state index is 0.00299. The molecule has 1 heterocycles. The topological polar surface area (TPSA) is 46.9 Å². The van der Waals surface area contributed by atoms with Gasteiger partial charge in [-0.2, -0.15) is 5.10 Å². The summed E-state index contributed by atoms with van der Waals surface area (Å²) in [5.74, 6) is 0.380. The highest BCUT2D eigenvalue weighted by atomic mass is 35.5. The van der Waals surface area contributed by atoms with E-state index in [1.807, 2.05) is 31.2 Å².